The standard InChI is InChI=1S/C9H16FNO/c1-4-9(10)8(3)11(5-2)6-7-12/h4,12H,1,5-7H2,2-3H3/b9-8-. The van der Waals surface area contributed by atoms with E-state index >= 15 is 0 Å². The molecule has 0 radical (unpaired) electrons. The summed E-state index contributed by atoms with van der Waals surface area (Å²) in [6.07, 6.45) is 1.18. The van der Waals surface area contributed by atoms with Gasteiger partial charge < -0.3 is 10.0 Å². The molecular weight excluding hydrogens is 157 g/mol. The van der Waals surface area contributed by atoms with Crippen molar-refractivity contribution in [2.24, 2.45) is 0 Å². The van der Waals surface area contributed by atoms with Crippen LogP contribution < -0.4 is 0 Å². The highest BCUT2D eigenvalue weighted by Crippen LogP contribution is 2.11. The molecule has 1 N–H and O–H groups in total. The highest BCUT2D eigenvalue weighted by atomic mass is 19.1. The molecule has 2 nitrogen and oxygen atoms in total. The predicted octanol–water partition coefficient (Wildman–Crippen LogP) is 1.69. The Morgan fingerprint density at radius 2 is 2.25 bits per heavy atom. The Kier molecular flexibility index (Phi) is 5.37. The minimum Gasteiger partial charge on any atom is -0.395 e. The zero-order valence-corrected chi connectivity index (χ0v) is 7.68. The maximum absolute atomic E-state index is 12.9. The molecule has 0 saturated heterocycles. The topological polar surface area (TPSA) is 23.5 Å². The molecule has 0 atom stereocenters. The lowest BCUT2D eigenvalue weighted by molar-refractivity contribution is 0.228. The second-order valence-electron chi connectivity index (χ2n) is 2.44. The van der Waals surface area contributed by atoms with Gasteiger partial charge in [-0.3, -0.25) is 0 Å². The predicted molar refractivity (Wildman–Crippen MR) is 48.3 cm³/mol. The maximum atomic E-state index is 12.9. The van der Waals surface area contributed by atoms with Gasteiger partial charge in [0.15, 0.2) is 0 Å². The third-order valence-electron chi connectivity index (χ3n) is 1.75. The first-order valence-electron chi connectivity index (χ1n) is 4.02. The average molecular weight is 173 g/mol. The number of hydrogen-bond donors (Lipinski definition) is 1. The summed E-state index contributed by atoms with van der Waals surface area (Å²) in [6.45, 7) is 8.11. The Morgan fingerprint density at radius 1 is 1.67 bits per heavy atom. The average Bonchev–Trinajstić information content (AvgIpc) is 2.11. The van der Waals surface area contributed by atoms with Crippen molar-refractivity contribution in [3.8, 4) is 0 Å². The molecule has 0 spiro atoms. The summed E-state index contributed by atoms with van der Waals surface area (Å²) >= 11 is 0. The van der Waals surface area contributed by atoms with Gasteiger partial charge in [0.2, 0.25) is 0 Å². The number of halogens is 1. The van der Waals surface area contributed by atoms with Gasteiger partial charge in [-0.15, -0.1) is 0 Å². The van der Waals surface area contributed by atoms with E-state index in [1.54, 1.807) is 11.8 Å². The van der Waals surface area contributed by atoms with E-state index in [1.807, 2.05) is 6.92 Å². The van der Waals surface area contributed by atoms with Crippen molar-refractivity contribution in [1.82, 2.24) is 4.90 Å². The first-order valence-corrected chi connectivity index (χ1v) is 4.02. The molecule has 0 aliphatic carbocycles. The normalized spacial score (nSPS) is 12.3. The third-order valence-corrected chi connectivity index (χ3v) is 1.75. The largest absolute Gasteiger partial charge is 0.395 e. The van der Waals surface area contributed by atoms with E-state index in [4.69, 9.17) is 5.11 Å². The van der Waals surface area contributed by atoms with Crippen molar-refractivity contribution in [3.63, 3.8) is 0 Å². The van der Waals surface area contributed by atoms with Gasteiger partial charge in [-0.1, -0.05) is 6.58 Å². The molecule has 0 rings (SSSR count). The Bertz CT molecular complexity index is 177. The van der Waals surface area contributed by atoms with Crippen molar-refractivity contribution in [1.29, 1.82) is 0 Å². The molecule has 0 aliphatic heterocycles. The van der Waals surface area contributed by atoms with E-state index in [1.165, 1.54) is 6.08 Å². The van der Waals surface area contributed by atoms with Crippen LogP contribution in [0.25, 0.3) is 0 Å². The number of nitrogens with zero attached hydrogens (tertiary/aromatic N) is 1. The van der Waals surface area contributed by atoms with Crippen LogP contribution in [0.3, 0.4) is 0 Å². The first-order chi connectivity index (χ1) is 5.67. The highest BCUT2D eigenvalue weighted by Gasteiger charge is 2.05. The Balaban J connectivity index is 4.38. The van der Waals surface area contributed by atoms with E-state index in [0.717, 1.165) is 0 Å². The fraction of sp³-hybridized carbons (Fsp3) is 0.556. The van der Waals surface area contributed by atoms with Gasteiger partial charge >= 0.3 is 0 Å². The molecule has 0 aromatic heterocycles. The lowest BCUT2D eigenvalue weighted by Crippen LogP contribution is -2.25. The Morgan fingerprint density at radius 3 is 2.58 bits per heavy atom. The SMILES string of the molecule is C=C/C(F)=C(\C)N(CC)CCO. The van der Waals surface area contributed by atoms with Crippen LogP contribution in [0.2, 0.25) is 0 Å². The molecular formula is C9H16FNO. The quantitative estimate of drug-likeness (QED) is 0.639. The molecule has 0 unspecified atom stereocenters. The molecule has 0 saturated carbocycles. The molecule has 70 valence electrons. The van der Waals surface area contributed by atoms with Gasteiger partial charge in [-0.25, -0.2) is 4.39 Å². The van der Waals surface area contributed by atoms with Crippen LogP contribution in [-0.4, -0.2) is 29.7 Å². The summed E-state index contributed by atoms with van der Waals surface area (Å²) in [7, 11) is 0. The van der Waals surface area contributed by atoms with Crippen molar-refractivity contribution in [3.05, 3.63) is 24.2 Å². The monoisotopic (exact) mass is 173 g/mol. The maximum Gasteiger partial charge on any atom is 0.141 e. The van der Waals surface area contributed by atoms with E-state index in [2.05, 4.69) is 6.58 Å². The van der Waals surface area contributed by atoms with E-state index < -0.39 is 0 Å². The molecule has 0 amide bonds. The van der Waals surface area contributed by atoms with Crippen LogP contribution in [0.5, 0.6) is 0 Å². The van der Waals surface area contributed by atoms with Crippen molar-refractivity contribution >= 4 is 0 Å². The minimum absolute atomic E-state index is 0.0373. The number of likely N-dealkylation sites (N-methyl/N-ethyl adjacent to an activating group) is 1. The van der Waals surface area contributed by atoms with E-state index in [-0.39, 0.29) is 12.4 Å². The lowest BCUT2D eigenvalue weighted by Gasteiger charge is -2.22. The Labute approximate surface area is 73.0 Å². The molecule has 0 aliphatic rings. The summed E-state index contributed by atoms with van der Waals surface area (Å²) < 4.78 is 12.9. The second kappa shape index (κ2) is 5.77. The summed E-state index contributed by atoms with van der Waals surface area (Å²) in [4.78, 5) is 1.76. The van der Waals surface area contributed by atoms with Gasteiger partial charge in [0.05, 0.1) is 6.61 Å². The van der Waals surface area contributed by atoms with E-state index in [9.17, 15) is 4.39 Å². The summed E-state index contributed by atoms with van der Waals surface area (Å²) in [5, 5.41) is 8.66. The molecule has 0 aromatic carbocycles. The van der Waals surface area contributed by atoms with Gasteiger partial charge in [0, 0.05) is 18.8 Å². The van der Waals surface area contributed by atoms with Gasteiger partial charge in [-0.05, 0) is 19.9 Å². The zero-order valence-electron chi connectivity index (χ0n) is 7.68. The number of allylic oxidation sites excluding steroid dienone is 3. The number of aliphatic hydroxyl groups is 1. The molecule has 3 heteroatoms. The Hall–Kier alpha value is -0.830. The fourth-order valence-corrected chi connectivity index (χ4v) is 0.982. The van der Waals surface area contributed by atoms with Gasteiger partial charge in [0.25, 0.3) is 0 Å². The smallest absolute Gasteiger partial charge is 0.141 e. The lowest BCUT2D eigenvalue weighted by atomic mass is 10.3. The fourth-order valence-electron chi connectivity index (χ4n) is 0.982. The summed E-state index contributed by atoms with van der Waals surface area (Å²) in [5.74, 6) is -0.328. The van der Waals surface area contributed by atoms with Crippen LogP contribution in [0.4, 0.5) is 4.39 Å². The zero-order chi connectivity index (χ0) is 9.56. The van der Waals surface area contributed by atoms with Crippen LogP contribution in [0, 0.1) is 0 Å². The van der Waals surface area contributed by atoms with Gasteiger partial charge in [0.1, 0.15) is 5.83 Å². The van der Waals surface area contributed by atoms with Crippen molar-refractivity contribution < 1.29 is 9.50 Å². The summed E-state index contributed by atoms with van der Waals surface area (Å²) in [6, 6.07) is 0. The number of rotatable bonds is 5. The number of hydrogen-bond acceptors (Lipinski definition) is 2. The molecule has 12 heavy (non-hydrogen) atoms. The van der Waals surface area contributed by atoms with Crippen molar-refractivity contribution in [2.75, 3.05) is 19.7 Å². The summed E-state index contributed by atoms with van der Waals surface area (Å²) in [5.41, 5.74) is 0.529. The van der Waals surface area contributed by atoms with E-state index in [0.29, 0.717) is 18.8 Å². The van der Waals surface area contributed by atoms with Crippen LogP contribution in [0.15, 0.2) is 24.2 Å². The van der Waals surface area contributed by atoms with Crippen LogP contribution in [-0.2, 0) is 0 Å². The molecule has 0 heterocycles. The first kappa shape index (κ1) is 11.2. The minimum atomic E-state index is -0.328. The molecule has 0 fully saturated rings. The van der Waals surface area contributed by atoms with Crippen LogP contribution in [0.1, 0.15) is 13.8 Å². The van der Waals surface area contributed by atoms with Gasteiger partial charge in [-0.2, -0.15) is 0 Å². The number of aliphatic hydroxyl groups excluding tert-OH is 1. The highest BCUT2D eigenvalue weighted by molar-refractivity contribution is 5.14. The second-order valence-corrected chi connectivity index (χ2v) is 2.44. The molecule has 0 bridgehead atoms. The third kappa shape index (κ3) is 3.05. The molecule has 0 aromatic rings. The van der Waals surface area contributed by atoms with Crippen molar-refractivity contribution in [2.45, 2.75) is 13.8 Å². The van der Waals surface area contributed by atoms with Crippen LogP contribution >= 0.6 is 0 Å².